The number of fused-ring (bicyclic) bond motifs is 1. The highest BCUT2D eigenvalue weighted by Gasteiger charge is 2.44. The number of β-lactam (4-membered cyclic amide) rings is 1. The Morgan fingerprint density at radius 3 is 2.92 bits per heavy atom. The first-order valence-corrected chi connectivity index (χ1v) is 3.92. The molecule has 2 aliphatic heterocycles. The molecular weight excluding hydrogens is 150 g/mol. The molecular formula is C10H15NO. The van der Waals surface area contributed by atoms with Crippen LogP contribution in [0.5, 0.6) is 0 Å². The van der Waals surface area contributed by atoms with Crippen molar-refractivity contribution in [1.82, 2.24) is 4.90 Å². The van der Waals surface area contributed by atoms with E-state index in [0.29, 0.717) is 6.04 Å². The van der Waals surface area contributed by atoms with Crippen LogP contribution in [0.2, 0.25) is 0 Å². The molecule has 0 aromatic heterocycles. The zero-order chi connectivity index (χ0) is 8.01. The first-order valence-electron chi connectivity index (χ1n) is 3.92. The van der Waals surface area contributed by atoms with E-state index in [2.05, 4.69) is 6.08 Å². The number of allylic oxidation sites excluding steroid dienone is 2. The molecule has 0 aromatic rings. The van der Waals surface area contributed by atoms with Gasteiger partial charge in [0.15, 0.2) is 0 Å². The molecule has 12 heavy (non-hydrogen) atoms. The van der Waals surface area contributed by atoms with Crippen molar-refractivity contribution in [3.63, 3.8) is 0 Å². The van der Waals surface area contributed by atoms with Gasteiger partial charge in [-0.15, -0.1) is 0 Å². The van der Waals surface area contributed by atoms with Crippen LogP contribution in [0.15, 0.2) is 23.4 Å². The Labute approximate surface area is 73.6 Å². The van der Waals surface area contributed by atoms with E-state index in [9.17, 15) is 4.79 Å². The summed E-state index contributed by atoms with van der Waals surface area (Å²) in [7, 11) is 0. The van der Waals surface area contributed by atoms with Gasteiger partial charge in [-0.1, -0.05) is 19.6 Å². The Bertz CT molecular complexity index is 276. The van der Waals surface area contributed by atoms with Gasteiger partial charge < -0.3 is 4.90 Å². The monoisotopic (exact) mass is 165 g/mol. The zero-order valence-electron chi connectivity index (χ0n) is 6.79. The van der Waals surface area contributed by atoms with Gasteiger partial charge in [0.2, 0.25) is 0 Å². The average Bonchev–Trinajstić information content (AvgIpc) is 2.28. The minimum Gasteiger partial charge on any atom is -0.305 e. The Kier molecular flexibility index (Phi) is 2.09. The molecule has 0 aromatic carbocycles. The first-order chi connectivity index (χ1) is 5.25. The number of rotatable bonds is 0. The normalized spacial score (nSPS) is 29.3. The number of hydrogen-bond acceptors (Lipinski definition) is 1. The molecule has 0 N–H and O–H groups in total. The summed E-state index contributed by atoms with van der Waals surface area (Å²) in [5.41, 5.74) is 2.10. The van der Waals surface area contributed by atoms with Crippen LogP contribution in [0.1, 0.15) is 27.7 Å². The van der Waals surface area contributed by atoms with Crippen LogP contribution in [0.3, 0.4) is 0 Å². The highest BCUT2D eigenvalue weighted by Crippen LogP contribution is 2.37. The summed E-state index contributed by atoms with van der Waals surface area (Å²) < 4.78 is 0. The molecule has 1 unspecified atom stereocenters. The van der Waals surface area contributed by atoms with Gasteiger partial charge in [-0.3, -0.25) is 4.79 Å². The number of carbonyl (C=O) groups excluding carboxylic acids is 1. The maximum absolute atomic E-state index is 11.3. The maximum atomic E-state index is 11.3. The molecule has 1 amide bonds. The fourth-order valence-electron chi connectivity index (χ4n) is 1.83. The second-order valence-corrected chi connectivity index (χ2v) is 3.02. The second kappa shape index (κ2) is 2.77. The Hall–Kier alpha value is -1.05. The lowest BCUT2D eigenvalue weighted by atomic mass is 9.95. The van der Waals surface area contributed by atoms with E-state index in [-0.39, 0.29) is 13.3 Å². The number of carbonyl (C=O) groups is 1. The topological polar surface area (TPSA) is 20.3 Å². The van der Waals surface area contributed by atoms with E-state index in [0.717, 1.165) is 17.7 Å². The van der Waals surface area contributed by atoms with Gasteiger partial charge in [-0.2, -0.15) is 0 Å². The Morgan fingerprint density at radius 1 is 1.67 bits per heavy atom. The Balaban J connectivity index is 0.000000720. The van der Waals surface area contributed by atoms with Crippen LogP contribution in [-0.2, 0) is 4.79 Å². The summed E-state index contributed by atoms with van der Waals surface area (Å²) in [6.07, 6.45) is 5.06. The van der Waals surface area contributed by atoms with E-state index in [1.165, 1.54) is 0 Å². The van der Waals surface area contributed by atoms with E-state index in [1.54, 1.807) is 0 Å². The molecule has 2 heterocycles. The van der Waals surface area contributed by atoms with Gasteiger partial charge in [-0.25, -0.2) is 0 Å². The van der Waals surface area contributed by atoms with Crippen LogP contribution < -0.4 is 0 Å². The lowest BCUT2D eigenvalue weighted by Gasteiger charge is -2.38. The van der Waals surface area contributed by atoms with Crippen molar-refractivity contribution in [2.24, 2.45) is 0 Å². The standard InChI is InChI=1S/C9H11NO.CH4/c1-3-7-8-5-4-6(2)10(8)9(7)11;/h3-4,8H,5H2,1-2H3;1H4/b7-3+;. The summed E-state index contributed by atoms with van der Waals surface area (Å²) in [5.74, 6) is 0.198. The molecule has 1 saturated heterocycles. The van der Waals surface area contributed by atoms with E-state index in [4.69, 9.17) is 0 Å². The number of hydrogen-bond donors (Lipinski definition) is 0. The molecule has 2 rings (SSSR count). The Morgan fingerprint density at radius 2 is 2.33 bits per heavy atom. The third kappa shape index (κ3) is 0.840. The maximum Gasteiger partial charge on any atom is 0.256 e. The number of nitrogens with zero attached hydrogens (tertiary/aromatic N) is 1. The zero-order valence-corrected chi connectivity index (χ0v) is 6.79. The van der Waals surface area contributed by atoms with Gasteiger partial charge in [0.1, 0.15) is 0 Å². The van der Waals surface area contributed by atoms with Crippen molar-refractivity contribution in [2.45, 2.75) is 33.7 Å². The van der Waals surface area contributed by atoms with Crippen LogP contribution in [0, 0.1) is 0 Å². The second-order valence-electron chi connectivity index (χ2n) is 3.02. The summed E-state index contributed by atoms with van der Waals surface area (Å²) in [5, 5.41) is 0. The predicted molar refractivity (Wildman–Crippen MR) is 49.5 cm³/mol. The third-order valence-corrected chi connectivity index (χ3v) is 2.46. The average molecular weight is 165 g/mol. The van der Waals surface area contributed by atoms with Gasteiger partial charge in [0.25, 0.3) is 5.91 Å². The van der Waals surface area contributed by atoms with Crippen molar-refractivity contribution < 1.29 is 4.79 Å². The van der Waals surface area contributed by atoms with Gasteiger partial charge in [0, 0.05) is 11.3 Å². The highest BCUT2D eigenvalue weighted by atomic mass is 16.2. The SMILES string of the molecule is C.C/C=C1/C(=O)N2C(C)=CCC12. The lowest BCUT2D eigenvalue weighted by Crippen LogP contribution is -2.50. The molecule has 0 bridgehead atoms. The molecule has 0 spiro atoms. The molecule has 0 aliphatic carbocycles. The molecule has 2 nitrogen and oxygen atoms in total. The van der Waals surface area contributed by atoms with Crippen molar-refractivity contribution in [3.8, 4) is 0 Å². The van der Waals surface area contributed by atoms with Crippen molar-refractivity contribution in [3.05, 3.63) is 23.4 Å². The minimum absolute atomic E-state index is 0. The van der Waals surface area contributed by atoms with Gasteiger partial charge in [-0.05, 0) is 20.3 Å². The van der Waals surface area contributed by atoms with Crippen LogP contribution in [0.25, 0.3) is 0 Å². The minimum atomic E-state index is 0. The lowest BCUT2D eigenvalue weighted by molar-refractivity contribution is -0.133. The van der Waals surface area contributed by atoms with E-state index in [1.807, 2.05) is 24.8 Å². The molecule has 0 saturated carbocycles. The van der Waals surface area contributed by atoms with Gasteiger partial charge >= 0.3 is 0 Å². The van der Waals surface area contributed by atoms with Crippen LogP contribution in [-0.4, -0.2) is 16.8 Å². The molecule has 1 fully saturated rings. The largest absolute Gasteiger partial charge is 0.305 e. The number of amides is 1. The molecule has 2 heteroatoms. The van der Waals surface area contributed by atoms with E-state index >= 15 is 0 Å². The summed E-state index contributed by atoms with van der Waals surface area (Å²) >= 11 is 0. The summed E-state index contributed by atoms with van der Waals surface area (Å²) in [6, 6.07) is 0.382. The predicted octanol–water partition coefficient (Wildman–Crippen LogP) is 2.09. The van der Waals surface area contributed by atoms with E-state index < -0.39 is 0 Å². The molecule has 66 valence electrons. The summed E-state index contributed by atoms with van der Waals surface area (Å²) in [6.45, 7) is 3.92. The molecule has 0 radical (unpaired) electrons. The van der Waals surface area contributed by atoms with Crippen molar-refractivity contribution >= 4 is 5.91 Å². The third-order valence-electron chi connectivity index (χ3n) is 2.46. The summed E-state index contributed by atoms with van der Waals surface area (Å²) in [4.78, 5) is 13.2. The molecule has 2 aliphatic rings. The van der Waals surface area contributed by atoms with Gasteiger partial charge in [0.05, 0.1) is 6.04 Å². The fourth-order valence-corrected chi connectivity index (χ4v) is 1.83. The smallest absolute Gasteiger partial charge is 0.256 e. The van der Waals surface area contributed by atoms with Crippen LogP contribution in [0.4, 0.5) is 0 Å². The quantitative estimate of drug-likeness (QED) is 0.397. The fraction of sp³-hybridized carbons (Fsp3) is 0.500. The van der Waals surface area contributed by atoms with Crippen LogP contribution >= 0.6 is 0 Å². The van der Waals surface area contributed by atoms with Crippen molar-refractivity contribution in [1.29, 1.82) is 0 Å². The van der Waals surface area contributed by atoms with Crippen molar-refractivity contribution in [2.75, 3.05) is 0 Å². The highest BCUT2D eigenvalue weighted by molar-refractivity contribution is 6.03. The first kappa shape index (κ1) is 9.04. The molecule has 1 atom stereocenters.